The topological polar surface area (TPSA) is 83.5 Å². The Bertz CT molecular complexity index is 337. The summed E-state index contributed by atoms with van der Waals surface area (Å²) in [5.74, 6) is -1.10. The zero-order chi connectivity index (χ0) is 13.0. The van der Waals surface area contributed by atoms with Gasteiger partial charge in [-0.15, -0.1) is 0 Å². The second-order valence-corrected chi connectivity index (χ2v) is 6.03. The molecule has 0 N–H and O–H groups in total. The summed E-state index contributed by atoms with van der Waals surface area (Å²) < 4.78 is 36.5. The van der Waals surface area contributed by atoms with Crippen LogP contribution in [0.4, 0.5) is 0 Å². The van der Waals surface area contributed by atoms with Crippen LogP contribution in [-0.4, -0.2) is 30.3 Å². The van der Waals surface area contributed by atoms with Gasteiger partial charge in [-0.05, 0) is 26.7 Å². The van der Waals surface area contributed by atoms with Crippen LogP contribution in [0.25, 0.3) is 0 Å². The summed E-state index contributed by atoms with van der Waals surface area (Å²) in [5, 5.41) is 0. The van der Waals surface area contributed by atoms with E-state index in [0.717, 1.165) is 0 Å². The Morgan fingerprint density at radius 2 is 1.88 bits per heavy atom. The Hall–Kier alpha value is 0.380. The van der Waals surface area contributed by atoms with Crippen LogP contribution in [0.5, 0.6) is 0 Å². The fourth-order valence-electron chi connectivity index (χ4n) is 0.961. The maximum atomic E-state index is 11.5. The van der Waals surface area contributed by atoms with E-state index >= 15 is 0 Å². The number of ether oxygens (including phenoxy) is 1. The van der Waals surface area contributed by atoms with Crippen molar-refractivity contribution in [3.63, 3.8) is 0 Å². The zero-order valence-electron chi connectivity index (χ0n) is 11.1. The van der Waals surface area contributed by atoms with Crippen molar-refractivity contribution in [3.8, 4) is 0 Å². The van der Waals surface area contributed by atoms with Crippen molar-refractivity contribution >= 4 is 16.1 Å². The van der Waals surface area contributed by atoms with E-state index in [1.54, 1.807) is 20.8 Å². The third-order valence-electron chi connectivity index (χ3n) is 2.35. The van der Waals surface area contributed by atoms with Crippen LogP contribution in [0, 0.1) is 5.92 Å². The molecular formula is C10H19NaO5S. The van der Waals surface area contributed by atoms with Gasteiger partial charge < -0.3 is 9.29 Å². The molecule has 0 spiro atoms. The molecule has 7 heteroatoms. The molecule has 17 heavy (non-hydrogen) atoms. The van der Waals surface area contributed by atoms with Crippen LogP contribution in [-0.2, 0) is 19.6 Å². The van der Waals surface area contributed by atoms with Crippen molar-refractivity contribution in [1.82, 2.24) is 0 Å². The summed E-state index contributed by atoms with van der Waals surface area (Å²) in [6, 6.07) is 0. The second kappa shape index (κ2) is 7.74. The second-order valence-electron chi connectivity index (χ2n) is 4.50. The predicted molar refractivity (Wildman–Crippen MR) is 58.8 cm³/mol. The third-order valence-corrected chi connectivity index (χ3v) is 3.05. The minimum Gasteiger partial charge on any atom is -0.748 e. The van der Waals surface area contributed by atoms with Gasteiger partial charge in [0.1, 0.15) is 5.60 Å². The van der Waals surface area contributed by atoms with Gasteiger partial charge in [0.15, 0.2) is 0 Å². The van der Waals surface area contributed by atoms with E-state index in [1.807, 2.05) is 6.92 Å². The number of hydrogen-bond acceptors (Lipinski definition) is 5. The van der Waals surface area contributed by atoms with Crippen molar-refractivity contribution in [2.75, 3.05) is 5.75 Å². The van der Waals surface area contributed by atoms with Crippen LogP contribution in [0.1, 0.15) is 40.5 Å². The van der Waals surface area contributed by atoms with E-state index in [2.05, 4.69) is 0 Å². The Morgan fingerprint density at radius 1 is 1.41 bits per heavy atom. The van der Waals surface area contributed by atoms with Gasteiger partial charge in [-0.3, -0.25) is 4.79 Å². The number of carbonyl (C=O) groups excluding carboxylic acids is 1. The summed E-state index contributed by atoms with van der Waals surface area (Å²) in [6.45, 7) is 6.79. The SMILES string of the molecule is CCC(C)C(=O)OC(C)(C)CCS(=O)(=O)[O-].[Na+]. The van der Waals surface area contributed by atoms with E-state index in [1.165, 1.54) is 0 Å². The first-order valence-electron chi connectivity index (χ1n) is 5.24. The molecule has 0 aromatic rings. The minimum absolute atomic E-state index is 0. The summed E-state index contributed by atoms with van der Waals surface area (Å²) in [5.41, 5.74) is -0.919. The molecule has 0 aliphatic heterocycles. The smallest absolute Gasteiger partial charge is 0.748 e. The predicted octanol–water partition coefficient (Wildman–Crippen LogP) is -1.71. The molecule has 1 atom stereocenters. The van der Waals surface area contributed by atoms with E-state index in [9.17, 15) is 17.8 Å². The van der Waals surface area contributed by atoms with Crippen molar-refractivity contribution in [1.29, 1.82) is 0 Å². The number of rotatable bonds is 6. The van der Waals surface area contributed by atoms with Crippen molar-refractivity contribution in [3.05, 3.63) is 0 Å². The molecule has 0 bridgehead atoms. The van der Waals surface area contributed by atoms with E-state index in [4.69, 9.17) is 4.74 Å². The zero-order valence-corrected chi connectivity index (χ0v) is 14.0. The van der Waals surface area contributed by atoms with Crippen LogP contribution in [0.15, 0.2) is 0 Å². The summed E-state index contributed by atoms with van der Waals surface area (Å²) in [4.78, 5) is 11.5. The normalized spacial score (nSPS) is 13.7. The van der Waals surface area contributed by atoms with Gasteiger partial charge in [0, 0.05) is 5.75 Å². The molecule has 0 rings (SSSR count). The molecule has 0 aromatic heterocycles. The van der Waals surface area contributed by atoms with Crippen LogP contribution < -0.4 is 29.6 Å². The quantitative estimate of drug-likeness (QED) is 0.327. The monoisotopic (exact) mass is 274 g/mol. The molecule has 0 saturated heterocycles. The Morgan fingerprint density at radius 3 is 2.24 bits per heavy atom. The summed E-state index contributed by atoms with van der Waals surface area (Å²) in [6.07, 6.45) is 0.676. The molecule has 0 saturated carbocycles. The standard InChI is InChI=1S/C10H20O5S.Na/c1-5-8(2)9(11)15-10(3,4)6-7-16(12,13)14;/h8H,5-7H2,1-4H3,(H,12,13,14);/q;+1/p-1. The summed E-state index contributed by atoms with van der Waals surface area (Å²) >= 11 is 0. The molecular weight excluding hydrogens is 255 g/mol. The molecule has 0 heterocycles. The van der Waals surface area contributed by atoms with E-state index < -0.39 is 21.5 Å². The molecule has 0 fully saturated rings. The van der Waals surface area contributed by atoms with Crippen molar-refractivity contribution < 1.29 is 52.1 Å². The average Bonchev–Trinajstić information content (AvgIpc) is 2.12. The van der Waals surface area contributed by atoms with E-state index in [0.29, 0.717) is 6.42 Å². The first-order chi connectivity index (χ1) is 7.07. The van der Waals surface area contributed by atoms with Gasteiger partial charge in [-0.25, -0.2) is 8.42 Å². The number of carbonyl (C=O) groups is 1. The number of hydrogen-bond donors (Lipinski definition) is 0. The van der Waals surface area contributed by atoms with Crippen LogP contribution in [0.2, 0.25) is 0 Å². The van der Waals surface area contributed by atoms with Gasteiger partial charge in [-0.2, -0.15) is 0 Å². The van der Waals surface area contributed by atoms with Crippen LogP contribution >= 0.6 is 0 Å². The molecule has 1 unspecified atom stereocenters. The van der Waals surface area contributed by atoms with Gasteiger partial charge in [0.05, 0.1) is 16.0 Å². The minimum atomic E-state index is -4.26. The first kappa shape index (κ1) is 19.7. The molecule has 0 aliphatic carbocycles. The Balaban J connectivity index is 0. The first-order valence-corrected chi connectivity index (χ1v) is 6.81. The Kier molecular flexibility index (Phi) is 8.97. The maximum absolute atomic E-state index is 11.5. The fraction of sp³-hybridized carbons (Fsp3) is 0.900. The third kappa shape index (κ3) is 10.0. The van der Waals surface area contributed by atoms with Crippen molar-refractivity contribution in [2.24, 2.45) is 5.92 Å². The van der Waals surface area contributed by atoms with Gasteiger partial charge >= 0.3 is 35.5 Å². The maximum Gasteiger partial charge on any atom is 1.00 e. The molecule has 0 aromatic carbocycles. The Labute approximate surface area is 125 Å². The van der Waals surface area contributed by atoms with Crippen LogP contribution in [0.3, 0.4) is 0 Å². The molecule has 0 aliphatic rings. The molecule has 5 nitrogen and oxygen atoms in total. The average molecular weight is 274 g/mol. The molecule has 0 radical (unpaired) electrons. The van der Waals surface area contributed by atoms with E-state index in [-0.39, 0.29) is 47.9 Å². The molecule has 96 valence electrons. The largest absolute Gasteiger partial charge is 1.00 e. The van der Waals surface area contributed by atoms with Gasteiger partial charge in [0.2, 0.25) is 0 Å². The summed E-state index contributed by atoms with van der Waals surface area (Å²) in [7, 11) is -4.26. The van der Waals surface area contributed by atoms with Gasteiger partial charge in [-0.1, -0.05) is 13.8 Å². The fourth-order valence-corrected chi connectivity index (χ4v) is 1.70. The van der Waals surface area contributed by atoms with Gasteiger partial charge in [0.25, 0.3) is 0 Å². The van der Waals surface area contributed by atoms with Crippen molar-refractivity contribution in [2.45, 2.75) is 46.1 Å². The molecule has 0 amide bonds. The number of esters is 1.